The molecule has 0 fully saturated rings. The molecule has 0 aromatic heterocycles. The number of esters is 2. The molecule has 0 saturated heterocycles. The Labute approximate surface area is 292 Å². The van der Waals surface area contributed by atoms with E-state index >= 15 is 0 Å². The summed E-state index contributed by atoms with van der Waals surface area (Å²) in [5.41, 5.74) is 10.7. The molecule has 0 heterocycles. The minimum Gasteiger partial charge on any atom is -0.469 e. The van der Waals surface area contributed by atoms with Gasteiger partial charge in [-0.3, -0.25) is 19.2 Å². The molecule has 4 aromatic carbocycles. The van der Waals surface area contributed by atoms with E-state index in [1.165, 1.54) is 14.2 Å². The summed E-state index contributed by atoms with van der Waals surface area (Å²) in [6.07, 6.45) is 1.71. The van der Waals surface area contributed by atoms with E-state index in [0.717, 1.165) is 27.9 Å². The van der Waals surface area contributed by atoms with Gasteiger partial charge >= 0.3 is 11.9 Å². The van der Waals surface area contributed by atoms with Crippen molar-refractivity contribution in [3.63, 3.8) is 0 Å². The number of nitrogens with two attached hydrogens (primary N) is 1. The molecule has 0 aliphatic heterocycles. The molecular formula is C40H50ClNO6. The highest BCUT2D eigenvalue weighted by Crippen LogP contribution is 2.14. The Kier molecular flexibility index (Phi) is 21.0. The smallest absolute Gasteiger partial charge is 0.308 e. The molecule has 0 spiro atoms. The molecule has 2 atom stereocenters. The molecular weight excluding hydrogens is 626 g/mol. The topological polar surface area (TPSA) is 113 Å². The van der Waals surface area contributed by atoms with Crippen LogP contribution in [-0.4, -0.2) is 37.2 Å². The van der Waals surface area contributed by atoms with Gasteiger partial charge in [0, 0.05) is 24.6 Å². The van der Waals surface area contributed by atoms with E-state index in [1.54, 1.807) is 31.2 Å². The molecule has 0 aliphatic rings. The lowest BCUT2D eigenvalue weighted by Crippen LogP contribution is -2.15. The van der Waals surface area contributed by atoms with Gasteiger partial charge in [-0.1, -0.05) is 132 Å². The zero-order chi connectivity index (χ0) is 35.9. The second-order valence-corrected chi connectivity index (χ2v) is 10.8. The SMILES string of the molecule is C.COC(=O)[C@H](C)Cc1ccc(CC(=O)c2ccccc2)cc1.COC(=O)[C@H](C)Cc1ccc(N)cc1.O=C(Cl)c1ccccc1.[2H]CC. The van der Waals surface area contributed by atoms with Crippen LogP contribution in [0.5, 0.6) is 0 Å². The van der Waals surface area contributed by atoms with Gasteiger partial charge in [0.2, 0.25) is 0 Å². The average molecular weight is 677 g/mol. The predicted molar refractivity (Wildman–Crippen MR) is 196 cm³/mol. The molecule has 0 amide bonds. The molecule has 4 rings (SSSR count). The van der Waals surface area contributed by atoms with E-state index in [0.29, 0.717) is 31.7 Å². The number of hydrogen-bond acceptors (Lipinski definition) is 7. The van der Waals surface area contributed by atoms with E-state index in [-0.39, 0.29) is 37.0 Å². The van der Waals surface area contributed by atoms with E-state index in [4.69, 9.17) is 23.4 Å². The summed E-state index contributed by atoms with van der Waals surface area (Å²) in [6, 6.07) is 33.4. The normalized spacial score (nSPS) is 11.0. The highest BCUT2D eigenvalue weighted by molar-refractivity contribution is 6.67. The third-order valence-corrected chi connectivity index (χ3v) is 6.97. The summed E-state index contributed by atoms with van der Waals surface area (Å²) in [7, 11) is 2.80. The highest BCUT2D eigenvalue weighted by Gasteiger charge is 2.14. The minimum atomic E-state index is -0.407. The average Bonchev–Trinajstić information content (AvgIpc) is 3.11. The molecule has 0 unspecified atom stereocenters. The summed E-state index contributed by atoms with van der Waals surface area (Å²) >= 11 is 5.16. The van der Waals surface area contributed by atoms with E-state index in [2.05, 4.69) is 4.74 Å². The fraction of sp³-hybridized carbons (Fsp3) is 0.300. The first kappa shape index (κ1) is 41.3. The molecule has 8 heteroatoms. The Morgan fingerprint density at radius 3 is 1.38 bits per heavy atom. The van der Waals surface area contributed by atoms with Crippen LogP contribution in [-0.2, 0) is 38.3 Å². The number of benzene rings is 4. The first-order valence-corrected chi connectivity index (χ1v) is 15.5. The number of carbonyl (C=O) groups excluding carboxylic acids is 4. The molecule has 0 aliphatic carbocycles. The van der Waals surface area contributed by atoms with Gasteiger partial charge in [-0.15, -0.1) is 0 Å². The Morgan fingerprint density at radius 1 is 0.667 bits per heavy atom. The van der Waals surface area contributed by atoms with Crippen LogP contribution in [0.2, 0.25) is 0 Å². The monoisotopic (exact) mass is 676 g/mol. The summed E-state index contributed by atoms with van der Waals surface area (Å²) < 4.78 is 15.6. The molecule has 258 valence electrons. The maximum absolute atomic E-state index is 12.1. The first-order valence-electron chi connectivity index (χ1n) is 15.9. The molecule has 4 aromatic rings. The number of ketones is 1. The number of methoxy groups -OCH3 is 2. The van der Waals surface area contributed by atoms with Crippen LogP contribution in [0.1, 0.15) is 73.9 Å². The third kappa shape index (κ3) is 16.7. The zero-order valence-electron chi connectivity index (χ0n) is 28.8. The van der Waals surface area contributed by atoms with Crippen LogP contribution in [0, 0.1) is 11.8 Å². The second kappa shape index (κ2) is 24.4. The number of nitrogen functional groups attached to an aromatic ring is 1. The van der Waals surface area contributed by atoms with Gasteiger partial charge in [-0.05, 0) is 53.3 Å². The lowest BCUT2D eigenvalue weighted by molar-refractivity contribution is -0.145. The van der Waals surface area contributed by atoms with E-state index in [9.17, 15) is 19.2 Å². The van der Waals surface area contributed by atoms with Crippen LogP contribution < -0.4 is 5.73 Å². The van der Waals surface area contributed by atoms with Crippen molar-refractivity contribution in [1.29, 1.82) is 0 Å². The zero-order valence-corrected chi connectivity index (χ0v) is 28.5. The molecule has 48 heavy (non-hydrogen) atoms. The number of rotatable bonds is 10. The first-order chi connectivity index (χ1) is 22.9. The van der Waals surface area contributed by atoms with Crippen molar-refractivity contribution >= 4 is 40.3 Å². The largest absolute Gasteiger partial charge is 0.469 e. The number of ether oxygens (including phenoxy) is 2. The highest BCUT2D eigenvalue weighted by atomic mass is 35.5. The predicted octanol–water partition coefficient (Wildman–Crippen LogP) is 8.81. The quantitative estimate of drug-likeness (QED) is 0.0773. The molecule has 0 saturated carbocycles. The molecule has 0 bridgehead atoms. The Bertz CT molecular complexity index is 1510. The van der Waals surface area contributed by atoms with E-state index in [1.807, 2.05) is 98.8 Å². The molecule has 0 radical (unpaired) electrons. The van der Waals surface area contributed by atoms with Crippen molar-refractivity contribution in [2.45, 2.75) is 54.4 Å². The Balaban J connectivity index is 0.000000730. The maximum Gasteiger partial charge on any atom is 0.308 e. The van der Waals surface area contributed by atoms with Crippen molar-refractivity contribution in [2.24, 2.45) is 11.8 Å². The van der Waals surface area contributed by atoms with Crippen LogP contribution >= 0.6 is 11.6 Å². The second-order valence-electron chi connectivity index (χ2n) is 10.4. The van der Waals surface area contributed by atoms with Gasteiger partial charge in [0.25, 0.3) is 5.24 Å². The lowest BCUT2D eigenvalue weighted by atomic mass is 9.98. The number of Topliss-reactive ketones (excluding diaryl/α,β-unsaturated/α-hetero) is 1. The van der Waals surface area contributed by atoms with E-state index < -0.39 is 5.24 Å². The summed E-state index contributed by atoms with van der Waals surface area (Å²) in [4.78, 5) is 45.1. The number of anilines is 1. The summed E-state index contributed by atoms with van der Waals surface area (Å²) in [5.74, 6) is -0.549. The lowest BCUT2D eigenvalue weighted by Gasteiger charge is -2.09. The standard InChI is InChI=1S/C19H20O3.C11H15NO2.C7H5ClO.C2H6.CH4/c1-14(19(21)22-2)12-15-8-10-16(11-9-15)13-18(20)17-6-4-3-5-7-17;1-8(11(13)14-2)7-9-3-5-10(12)6-4-9;8-7(9)6-4-2-1-3-5-6;1-2;/h3-11,14H,12-13H2,1-2H3;3-6,8H,7,12H2,1-2H3;1-5H;1-2H3;1H4/t14-;8-;;;/m11.../s1/i;;;1D;. The molecule has 7 nitrogen and oxygen atoms in total. The summed E-state index contributed by atoms with van der Waals surface area (Å²) in [6.45, 7) is 5.99. The van der Waals surface area contributed by atoms with Crippen molar-refractivity contribution in [3.8, 4) is 0 Å². The van der Waals surface area contributed by atoms with Gasteiger partial charge in [-0.2, -0.15) is 0 Å². The number of hydrogen-bond donors (Lipinski definition) is 1. The van der Waals surface area contributed by atoms with Crippen LogP contribution in [0.15, 0.2) is 109 Å². The van der Waals surface area contributed by atoms with Gasteiger partial charge in [-0.25, -0.2) is 0 Å². The van der Waals surface area contributed by atoms with Crippen LogP contribution in [0.25, 0.3) is 0 Å². The van der Waals surface area contributed by atoms with Crippen molar-refractivity contribution in [1.82, 2.24) is 0 Å². The van der Waals surface area contributed by atoms with Crippen LogP contribution in [0.4, 0.5) is 5.69 Å². The van der Waals surface area contributed by atoms with Crippen molar-refractivity contribution in [2.75, 3.05) is 20.0 Å². The van der Waals surface area contributed by atoms with Gasteiger partial charge in [0.05, 0.1) is 26.1 Å². The van der Waals surface area contributed by atoms with Gasteiger partial charge < -0.3 is 15.2 Å². The minimum absolute atomic E-state index is 0. The van der Waals surface area contributed by atoms with Gasteiger partial charge in [0.15, 0.2) is 5.78 Å². The van der Waals surface area contributed by atoms with Gasteiger partial charge in [0.1, 0.15) is 0 Å². The fourth-order valence-corrected chi connectivity index (χ4v) is 4.33. The molecule has 2 N–H and O–H groups in total. The third-order valence-electron chi connectivity index (χ3n) is 6.75. The number of halogens is 1. The van der Waals surface area contributed by atoms with Crippen molar-refractivity contribution < 1.29 is 30.0 Å². The van der Waals surface area contributed by atoms with Crippen LogP contribution in [0.3, 0.4) is 0 Å². The maximum atomic E-state index is 12.1. The Hall–Kier alpha value is -4.75. The number of carbonyl (C=O) groups is 4. The van der Waals surface area contributed by atoms with Crippen molar-refractivity contribution in [3.05, 3.63) is 137 Å². The fourth-order valence-electron chi connectivity index (χ4n) is 4.20. The Morgan fingerprint density at radius 2 is 1.02 bits per heavy atom. The summed E-state index contributed by atoms with van der Waals surface area (Å²) in [5, 5.41) is -0.407.